The molecule has 0 aromatic carbocycles. The topological polar surface area (TPSA) is 12.0 Å². The second-order valence-corrected chi connectivity index (χ2v) is 4.23. The van der Waals surface area contributed by atoms with E-state index >= 15 is 0 Å². The van der Waals surface area contributed by atoms with Crippen molar-refractivity contribution in [2.24, 2.45) is 0 Å². The van der Waals surface area contributed by atoms with Gasteiger partial charge in [0.1, 0.15) is 0 Å². The van der Waals surface area contributed by atoms with Crippen LogP contribution in [-0.4, -0.2) is 12.1 Å². The first-order valence-corrected chi connectivity index (χ1v) is 5.96. The molecule has 0 heterocycles. The van der Waals surface area contributed by atoms with Crippen molar-refractivity contribution in [3.8, 4) is 0 Å². The lowest BCUT2D eigenvalue weighted by atomic mass is 10.1. The van der Waals surface area contributed by atoms with Gasteiger partial charge in [0, 0.05) is 12.1 Å². The maximum absolute atomic E-state index is 3.61. The minimum absolute atomic E-state index is 0.682. The van der Waals surface area contributed by atoms with Gasteiger partial charge in [-0.3, -0.25) is 0 Å². The van der Waals surface area contributed by atoms with Crippen molar-refractivity contribution in [2.45, 2.75) is 78.3 Å². The van der Waals surface area contributed by atoms with E-state index in [1.165, 1.54) is 38.5 Å². The predicted octanol–water partition coefficient (Wildman–Crippen LogP) is 3.73. The van der Waals surface area contributed by atoms with E-state index in [1.807, 2.05) is 0 Å². The van der Waals surface area contributed by atoms with Crippen LogP contribution in [0.3, 0.4) is 0 Å². The Labute approximate surface area is 84.3 Å². The third-order valence-corrected chi connectivity index (χ3v) is 2.67. The van der Waals surface area contributed by atoms with Crippen LogP contribution in [0.15, 0.2) is 0 Å². The Kier molecular flexibility index (Phi) is 8.53. The van der Waals surface area contributed by atoms with Crippen molar-refractivity contribution in [1.82, 2.24) is 5.32 Å². The Morgan fingerprint density at radius 2 is 1.62 bits per heavy atom. The van der Waals surface area contributed by atoms with Gasteiger partial charge in [0.25, 0.3) is 0 Å². The highest BCUT2D eigenvalue weighted by Gasteiger charge is 2.04. The van der Waals surface area contributed by atoms with E-state index in [0.717, 1.165) is 0 Å². The molecule has 0 saturated carbocycles. The van der Waals surface area contributed by atoms with E-state index in [4.69, 9.17) is 0 Å². The molecule has 2 atom stereocenters. The lowest BCUT2D eigenvalue weighted by Gasteiger charge is -2.18. The van der Waals surface area contributed by atoms with Crippen LogP contribution in [0.1, 0.15) is 66.2 Å². The van der Waals surface area contributed by atoms with Gasteiger partial charge in [0.05, 0.1) is 0 Å². The van der Waals surface area contributed by atoms with Crippen molar-refractivity contribution in [3.05, 3.63) is 0 Å². The molecule has 0 spiro atoms. The molecule has 0 fully saturated rings. The van der Waals surface area contributed by atoms with Gasteiger partial charge in [-0.05, 0) is 26.7 Å². The van der Waals surface area contributed by atoms with Gasteiger partial charge in [-0.1, -0.05) is 39.5 Å². The zero-order valence-corrected chi connectivity index (χ0v) is 9.90. The van der Waals surface area contributed by atoms with Crippen molar-refractivity contribution in [2.75, 3.05) is 0 Å². The maximum Gasteiger partial charge on any atom is 0.00411 e. The second kappa shape index (κ2) is 8.55. The first-order chi connectivity index (χ1) is 6.20. The zero-order valence-electron chi connectivity index (χ0n) is 9.90. The number of rotatable bonds is 8. The molecular formula is C12H27N. The molecule has 0 aliphatic rings. The summed E-state index contributed by atoms with van der Waals surface area (Å²) in [6.07, 6.45) is 8.11. The molecule has 0 amide bonds. The van der Waals surface area contributed by atoms with Crippen LogP contribution >= 0.6 is 0 Å². The first kappa shape index (κ1) is 13.0. The Morgan fingerprint density at radius 1 is 0.923 bits per heavy atom. The summed E-state index contributed by atoms with van der Waals surface area (Å²) >= 11 is 0. The van der Waals surface area contributed by atoms with E-state index in [2.05, 4.69) is 33.0 Å². The van der Waals surface area contributed by atoms with Crippen LogP contribution in [0.25, 0.3) is 0 Å². The predicted molar refractivity (Wildman–Crippen MR) is 61.1 cm³/mol. The highest BCUT2D eigenvalue weighted by atomic mass is 14.9. The molecule has 0 bridgehead atoms. The molecule has 1 N–H and O–H groups in total. The molecule has 0 aromatic rings. The minimum atomic E-state index is 0.682. The molecule has 0 saturated heterocycles. The van der Waals surface area contributed by atoms with E-state index in [-0.39, 0.29) is 0 Å². The quantitative estimate of drug-likeness (QED) is 0.568. The van der Waals surface area contributed by atoms with Crippen LogP contribution in [0, 0.1) is 0 Å². The largest absolute Gasteiger partial charge is 0.312 e. The summed E-state index contributed by atoms with van der Waals surface area (Å²) in [5.41, 5.74) is 0. The summed E-state index contributed by atoms with van der Waals surface area (Å²) in [5, 5.41) is 3.61. The molecular weight excluding hydrogens is 158 g/mol. The second-order valence-electron chi connectivity index (χ2n) is 4.23. The van der Waals surface area contributed by atoms with Gasteiger partial charge < -0.3 is 5.32 Å². The van der Waals surface area contributed by atoms with Crippen LogP contribution in [0.4, 0.5) is 0 Å². The van der Waals surface area contributed by atoms with E-state index in [1.54, 1.807) is 0 Å². The SMILES string of the molecule is CCCCCCC(C)NC(C)CC. The zero-order chi connectivity index (χ0) is 10.1. The first-order valence-electron chi connectivity index (χ1n) is 5.96. The molecule has 0 aliphatic heterocycles. The molecule has 0 aliphatic carbocycles. The summed E-state index contributed by atoms with van der Waals surface area (Å²) in [6, 6.07) is 1.38. The molecule has 1 nitrogen and oxygen atoms in total. The van der Waals surface area contributed by atoms with Gasteiger partial charge in [0.2, 0.25) is 0 Å². The van der Waals surface area contributed by atoms with Crippen molar-refractivity contribution in [1.29, 1.82) is 0 Å². The molecule has 0 radical (unpaired) electrons. The maximum atomic E-state index is 3.61. The molecule has 0 rings (SSSR count). The fraction of sp³-hybridized carbons (Fsp3) is 1.00. The average molecular weight is 185 g/mol. The number of hydrogen-bond donors (Lipinski definition) is 1. The fourth-order valence-corrected chi connectivity index (χ4v) is 1.56. The van der Waals surface area contributed by atoms with Gasteiger partial charge in [-0.2, -0.15) is 0 Å². The summed E-state index contributed by atoms with van der Waals surface area (Å²) in [5.74, 6) is 0. The Balaban J connectivity index is 3.24. The van der Waals surface area contributed by atoms with Crippen molar-refractivity contribution in [3.63, 3.8) is 0 Å². The number of hydrogen-bond acceptors (Lipinski definition) is 1. The third-order valence-electron chi connectivity index (χ3n) is 2.67. The lowest BCUT2D eigenvalue weighted by molar-refractivity contribution is 0.423. The van der Waals surface area contributed by atoms with Crippen molar-refractivity contribution < 1.29 is 0 Å². The van der Waals surface area contributed by atoms with Crippen LogP contribution < -0.4 is 5.32 Å². The smallest absolute Gasteiger partial charge is 0.00411 e. The van der Waals surface area contributed by atoms with Gasteiger partial charge in [-0.25, -0.2) is 0 Å². The number of unbranched alkanes of at least 4 members (excludes halogenated alkanes) is 3. The Morgan fingerprint density at radius 3 is 2.15 bits per heavy atom. The summed E-state index contributed by atoms with van der Waals surface area (Å²) in [6.45, 7) is 9.07. The van der Waals surface area contributed by atoms with Gasteiger partial charge in [-0.15, -0.1) is 0 Å². The molecule has 1 heteroatoms. The van der Waals surface area contributed by atoms with E-state index < -0.39 is 0 Å². The van der Waals surface area contributed by atoms with Crippen LogP contribution in [0.5, 0.6) is 0 Å². The summed E-state index contributed by atoms with van der Waals surface area (Å²) in [7, 11) is 0. The Hall–Kier alpha value is -0.0400. The molecule has 80 valence electrons. The van der Waals surface area contributed by atoms with E-state index in [9.17, 15) is 0 Å². The molecule has 0 aromatic heterocycles. The van der Waals surface area contributed by atoms with E-state index in [0.29, 0.717) is 12.1 Å². The summed E-state index contributed by atoms with van der Waals surface area (Å²) in [4.78, 5) is 0. The highest BCUT2D eigenvalue weighted by molar-refractivity contribution is 4.65. The molecule has 2 unspecified atom stereocenters. The monoisotopic (exact) mass is 185 g/mol. The Bertz CT molecular complexity index is 101. The fourth-order valence-electron chi connectivity index (χ4n) is 1.56. The standard InChI is InChI=1S/C12H27N/c1-5-7-8-9-10-12(4)13-11(3)6-2/h11-13H,5-10H2,1-4H3. The van der Waals surface area contributed by atoms with Crippen LogP contribution in [0.2, 0.25) is 0 Å². The normalized spacial score (nSPS) is 15.7. The minimum Gasteiger partial charge on any atom is -0.312 e. The summed E-state index contributed by atoms with van der Waals surface area (Å²) < 4.78 is 0. The molecule has 13 heavy (non-hydrogen) atoms. The van der Waals surface area contributed by atoms with Crippen LogP contribution in [-0.2, 0) is 0 Å². The lowest BCUT2D eigenvalue weighted by Crippen LogP contribution is -2.33. The van der Waals surface area contributed by atoms with Crippen molar-refractivity contribution >= 4 is 0 Å². The third kappa shape index (κ3) is 8.29. The average Bonchev–Trinajstić information content (AvgIpc) is 2.12. The van der Waals surface area contributed by atoms with Gasteiger partial charge in [0.15, 0.2) is 0 Å². The number of nitrogens with one attached hydrogen (secondary N) is 1. The highest BCUT2D eigenvalue weighted by Crippen LogP contribution is 2.06. The van der Waals surface area contributed by atoms with Gasteiger partial charge >= 0.3 is 0 Å².